The number of sulfone groups is 1. The molecule has 0 saturated heterocycles. The molecule has 1 unspecified atom stereocenters. The van der Waals surface area contributed by atoms with E-state index in [0.717, 1.165) is 18.4 Å². The lowest BCUT2D eigenvalue weighted by Gasteiger charge is -2.37. The van der Waals surface area contributed by atoms with Gasteiger partial charge in [0.1, 0.15) is 29.2 Å². The molecule has 1 saturated carbocycles. The summed E-state index contributed by atoms with van der Waals surface area (Å²) in [5.74, 6) is -0.107. The van der Waals surface area contributed by atoms with E-state index in [9.17, 15) is 17.6 Å². The van der Waals surface area contributed by atoms with Crippen LogP contribution in [0.3, 0.4) is 0 Å². The number of rotatable bonds is 7. The number of benzene rings is 3. The maximum Gasteiger partial charge on any atom is 0.273 e. The number of ether oxygens (including phenoxy) is 2. The summed E-state index contributed by atoms with van der Waals surface area (Å²) in [6, 6.07) is 17.3. The van der Waals surface area contributed by atoms with Crippen LogP contribution in [0.4, 0.5) is 10.1 Å². The summed E-state index contributed by atoms with van der Waals surface area (Å²) in [5, 5.41) is 3.03. The van der Waals surface area contributed by atoms with E-state index in [1.54, 1.807) is 30.3 Å². The lowest BCUT2D eigenvalue weighted by molar-refractivity contribution is -0.115. The highest BCUT2D eigenvalue weighted by molar-refractivity contribution is 7.96. The highest BCUT2D eigenvalue weighted by atomic mass is 32.2. The van der Waals surface area contributed by atoms with E-state index >= 15 is 0 Å². The number of hydrogen-bond acceptors (Lipinski definition) is 6. The van der Waals surface area contributed by atoms with Crippen molar-refractivity contribution in [2.75, 3.05) is 19.1 Å². The zero-order valence-corrected chi connectivity index (χ0v) is 20.6. The van der Waals surface area contributed by atoms with E-state index in [1.807, 2.05) is 0 Å². The Morgan fingerprint density at radius 3 is 2.03 bits per heavy atom. The van der Waals surface area contributed by atoms with Crippen LogP contribution < -0.4 is 19.7 Å². The van der Waals surface area contributed by atoms with Crippen molar-refractivity contribution in [2.24, 2.45) is 0 Å². The Morgan fingerprint density at radius 2 is 1.47 bits per heavy atom. The Balaban J connectivity index is 1.62. The quantitative estimate of drug-likeness (QED) is 0.499. The second-order valence-corrected chi connectivity index (χ2v) is 10.6. The summed E-state index contributed by atoms with van der Waals surface area (Å²) in [6.07, 6.45) is 2.55. The summed E-state index contributed by atoms with van der Waals surface area (Å²) in [5.41, 5.74) is 1.88. The zero-order valence-electron chi connectivity index (χ0n) is 19.8. The highest BCUT2D eigenvalue weighted by Crippen LogP contribution is 2.44. The largest absolute Gasteiger partial charge is 0.494 e. The minimum atomic E-state index is -4.16. The first kappa shape index (κ1) is 23.9. The minimum absolute atomic E-state index is 0.0282. The third-order valence-electron chi connectivity index (χ3n) is 6.42. The van der Waals surface area contributed by atoms with Crippen LogP contribution >= 0.6 is 0 Å². The average Bonchev–Trinajstić information content (AvgIpc) is 3.74. The molecule has 0 bridgehead atoms. The van der Waals surface area contributed by atoms with Gasteiger partial charge in [-0.05, 0) is 66.3 Å². The minimum Gasteiger partial charge on any atom is -0.494 e. The van der Waals surface area contributed by atoms with Gasteiger partial charge in [-0.3, -0.25) is 9.69 Å². The molecule has 1 N–H and O–H groups in total. The van der Waals surface area contributed by atoms with Gasteiger partial charge in [0.05, 0.1) is 19.1 Å². The van der Waals surface area contributed by atoms with Gasteiger partial charge in [0.15, 0.2) is 4.91 Å². The van der Waals surface area contributed by atoms with E-state index < -0.39 is 32.6 Å². The number of hydrogen-bond donors (Lipinski definition) is 1. The van der Waals surface area contributed by atoms with Crippen molar-refractivity contribution < 1.29 is 27.1 Å². The molecule has 1 heterocycles. The van der Waals surface area contributed by atoms with Crippen molar-refractivity contribution in [3.63, 3.8) is 0 Å². The molecule has 1 amide bonds. The van der Waals surface area contributed by atoms with Crippen LogP contribution in [0.1, 0.15) is 36.1 Å². The first-order chi connectivity index (χ1) is 17.3. The predicted molar refractivity (Wildman–Crippen MR) is 133 cm³/mol. The second-order valence-electron chi connectivity index (χ2n) is 8.66. The maximum atomic E-state index is 14.0. The normalized spacial score (nSPS) is 17.9. The fraction of sp³-hybridized carbons (Fsp3) is 0.222. The van der Waals surface area contributed by atoms with Gasteiger partial charge in [0.25, 0.3) is 5.91 Å². The molecule has 2 aliphatic rings. The van der Waals surface area contributed by atoms with Gasteiger partial charge < -0.3 is 14.8 Å². The van der Waals surface area contributed by atoms with Crippen molar-refractivity contribution in [2.45, 2.75) is 29.8 Å². The van der Waals surface area contributed by atoms with Crippen molar-refractivity contribution in [3.05, 3.63) is 94.8 Å². The summed E-state index contributed by atoms with van der Waals surface area (Å²) in [6.45, 7) is 0. The van der Waals surface area contributed by atoms with Crippen molar-refractivity contribution in [3.8, 4) is 11.5 Å². The smallest absolute Gasteiger partial charge is 0.273 e. The molecule has 5 rings (SSSR count). The Morgan fingerprint density at radius 1 is 0.889 bits per heavy atom. The van der Waals surface area contributed by atoms with E-state index in [4.69, 9.17) is 9.47 Å². The van der Waals surface area contributed by atoms with Crippen LogP contribution in [0.5, 0.6) is 11.5 Å². The van der Waals surface area contributed by atoms with Gasteiger partial charge in [-0.25, -0.2) is 12.8 Å². The lowest BCUT2D eigenvalue weighted by Crippen LogP contribution is -2.47. The van der Waals surface area contributed by atoms with Crippen molar-refractivity contribution >= 4 is 21.4 Å². The Labute approximate surface area is 209 Å². The standard InChI is InChI=1S/C27H25FN2O5S/c1-34-22-4-3-5-23(35-2)25(22)30-26(19-8-12-20(28)13-9-19)29-16-24(27(30)31)36(32,33)21-14-10-18(11-15-21)17-6-7-17/h3-5,8-17,26,29H,6-7H2,1-2H3. The molecule has 0 aromatic heterocycles. The van der Waals surface area contributed by atoms with Crippen LogP contribution in [0.25, 0.3) is 0 Å². The SMILES string of the molecule is COc1cccc(OC)c1N1C(=O)C(S(=O)(=O)c2ccc(C3CC3)cc2)=CNC1c1ccc(F)cc1. The molecule has 7 nitrogen and oxygen atoms in total. The van der Waals surface area contributed by atoms with E-state index in [1.165, 1.54) is 61.7 Å². The first-order valence-electron chi connectivity index (χ1n) is 11.5. The first-order valence-corrected chi connectivity index (χ1v) is 12.9. The monoisotopic (exact) mass is 508 g/mol. The number of amides is 1. The second kappa shape index (κ2) is 9.31. The molecular weight excluding hydrogens is 483 g/mol. The summed E-state index contributed by atoms with van der Waals surface area (Å²) >= 11 is 0. The number of carbonyl (C=O) groups excluding carboxylic acids is 1. The predicted octanol–water partition coefficient (Wildman–Crippen LogP) is 4.67. The topological polar surface area (TPSA) is 84.9 Å². The van der Waals surface area contributed by atoms with E-state index in [-0.39, 0.29) is 10.6 Å². The summed E-state index contributed by atoms with van der Waals surface area (Å²) < 4.78 is 51.9. The molecule has 9 heteroatoms. The zero-order chi connectivity index (χ0) is 25.4. The third kappa shape index (κ3) is 4.19. The molecule has 1 aliphatic carbocycles. The van der Waals surface area contributed by atoms with Gasteiger partial charge in [0, 0.05) is 6.20 Å². The average molecular weight is 509 g/mol. The number of carbonyl (C=O) groups is 1. The maximum absolute atomic E-state index is 14.0. The van der Waals surface area contributed by atoms with Gasteiger partial charge >= 0.3 is 0 Å². The molecule has 36 heavy (non-hydrogen) atoms. The van der Waals surface area contributed by atoms with Gasteiger partial charge in [-0.15, -0.1) is 0 Å². The molecule has 1 aliphatic heterocycles. The van der Waals surface area contributed by atoms with Gasteiger partial charge in [-0.2, -0.15) is 0 Å². The van der Waals surface area contributed by atoms with Crippen LogP contribution in [-0.4, -0.2) is 28.5 Å². The number of halogens is 1. The molecule has 0 radical (unpaired) electrons. The van der Waals surface area contributed by atoms with Gasteiger partial charge in [0.2, 0.25) is 9.84 Å². The summed E-state index contributed by atoms with van der Waals surface area (Å²) in [7, 11) is -1.27. The fourth-order valence-electron chi connectivity index (χ4n) is 4.37. The number of nitrogens with one attached hydrogen (secondary N) is 1. The summed E-state index contributed by atoms with van der Waals surface area (Å²) in [4.78, 5) is 14.9. The lowest BCUT2D eigenvalue weighted by atomic mass is 10.1. The van der Waals surface area contributed by atoms with E-state index in [0.29, 0.717) is 23.0 Å². The molecule has 0 spiro atoms. The van der Waals surface area contributed by atoms with Crippen LogP contribution in [0, 0.1) is 5.82 Å². The van der Waals surface area contributed by atoms with Crippen molar-refractivity contribution in [1.82, 2.24) is 5.32 Å². The number of anilines is 1. The molecule has 1 fully saturated rings. The highest BCUT2D eigenvalue weighted by Gasteiger charge is 2.41. The van der Waals surface area contributed by atoms with Crippen molar-refractivity contribution in [1.29, 1.82) is 0 Å². The fourth-order valence-corrected chi connectivity index (χ4v) is 5.67. The van der Waals surface area contributed by atoms with E-state index in [2.05, 4.69) is 5.32 Å². The molecular formula is C27H25FN2O5S. The number of nitrogens with zero attached hydrogens (tertiary/aromatic N) is 1. The number of para-hydroxylation sites is 1. The third-order valence-corrected chi connectivity index (χ3v) is 8.18. The number of methoxy groups -OCH3 is 2. The molecule has 1 atom stereocenters. The van der Waals surface area contributed by atoms with Crippen LogP contribution in [0.15, 0.2) is 82.7 Å². The van der Waals surface area contributed by atoms with Crippen LogP contribution in [0.2, 0.25) is 0 Å². The Hall–Kier alpha value is -3.85. The molecule has 3 aromatic carbocycles. The van der Waals surface area contributed by atoms with Crippen LogP contribution in [-0.2, 0) is 14.6 Å². The molecule has 186 valence electrons. The van der Waals surface area contributed by atoms with Gasteiger partial charge in [-0.1, -0.05) is 30.3 Å². The Kier molecular flexibility index (Phi) is 6.17. The Bertz CT molecular complexity index is 1410. The molecule has 3 aromatic rings.